The molecule has 0 aliphatic carbocycles. The molecule has 5 heteroatoms. The minimum Gasteiger partial charge on any atom is -0.318 e. The largest absolute Gasteiger partial charge is 0.326 e. The van der Waals surface area contributed by atoms with Gasteiger partial charge < -0.3 is 9.88 Å². The van der Waals surface area contributed by atoms with Gasteiger partial charge in [0.25, 0.3) is 5.91 Å². The highest BCUT2D eigenvalue weighted by Gasteiger charge is 2.23. The van der Waals surface area contributed by atoms with Crippen LogP contribution in [0, 0.1) is 13.8 Å². The number of carbonyl (C=O) groups excluding carboxylic acids is 2. The normalized spacial score (nSPS) is 16.3. The van der Waals surface area contributed by atoms with E-state index >= 15 is 0 Å². The highest BCUT2D eigenvalue weighted by Crippen LogP contribution is 2.26. The first-order valence-electron chi connectivity index (χ1n) is 8.31. The van der Waals surface area contributed by atoms with Crippen molar-refractivity contribution in [2.45, 2.75) is 40.0 Å². The standard InChI is InChI=1S/C20H23N3O2/c1-12-10-14(11-17-18(24)22-19(25)21-17)13(2)23(12)16-8-6-15(7-9-16)20(3,4)5/h6-11H,1-5H3,(H2,21,22,24,25)/b17-11+. The lowest BCUT2D eigenvalue weighted by Gasteiger charge is -2.20. The van der Waals surface area contributed by atoms with Crippen molar-refractivity contribution < 1.29 is 9.59 Å². The molecule has 0 atom stereocenters. The topological polar surface area (TPSA) is 63.1 Å². The maximum atomic E-state index is 11.7. The Morgan fingerprint density at radius 3 is 2.16 bits per heavy atom. The molecule has 0 saturated carbocycles. The second-order valence-corrected chi connectivity index (χ2v) is 7.43. The Kier molecular flexibility index (Phi) is 4.03. The lowest BCUT2D eigenvalue weighted by molar-refractivity contribution is -0.115. The lowest BCUT2D eigenvalue weighted by atomic mass is 9.87. The van der Waals surface area contributed by atoms with Crippen molar-refractivity contribution in [2.75, 3.05) is 0 Å². The predicted molar refractivity (Wildman–Crippen MR) is 98.6 cm³/mol. The summed E-state index contributed by atoms with van der Waals surface area (Å²) in [6, 6.07) is 10.1. The molecule has 0 bridgehead atoms. The van der Waals surface area contributed by atoms with Crippen LogP contribution in [0.1, 0.15) is 43.3 Å². The summed E-state index contributed by atoms with van der Waals surface area (Å²) in [5.74, 6) is -0.399. The van der Waals surface area contributed by atoms with E-state index in [1.54, 1.807) is 6.08 Å². The summed E-state index contributed by atoms with van der Waals surface area (Å²) in [7, 11) is 0. The molecule has 5 nitrogen and oxygen atoms in total. The number of hydrogen-bond acceptors (Lipinski definition) is 2. The average Bonchev–Trinajstić information content (AvgIpc) is 2.98. The van der Waals surface area contributed by atoms with Gasteiger partial charge in [-0.05, 0) is 54.7 Å². The second kappa shape index (κ2) is 5.92. The number of aromatic nitrogens is 1. The van der Waals surface area contributed by atoms with Crippen LogP contribution in [0.25, 0.3) is 11.8 Å². The van der Waals surface area contributed by atoms with Gasteiger partial charge in [-0.25, -0.2) is 4.79 Å². The fourth-order valence-corrected chi connectivity index (χ4v) is 3.08. The Bertz CT molecular complexity index is 881. The van der Waals surface area contributed by atoms with Crippen molar-refractivity contribution in [3.63, 3.8) is 0 Å². The van der Waals surface area contributed by atoms with Crippen LogP contribution in [0.15, 0.2) is 36.0 Å². The molecule has 1 saturated heterocycles. The Morgan fingerprint density at radius 1 is 1.00 bits per heavy atom. The molecule has 0 spiro atoms. The third kappa shape index (κ3) is 3.22. The molecule has 0 radical (unpaired) electrons. The number of imide groups is 1. The molecule has 0 unspecified atom stereocenters. The summed E-state index contributed by atoms with van der Waals surface area (Å²) in [6.07, 6.45) is 1.71. The van der Waals surface area contributed by atoms with E-state index in [1.807, 2.05) is 19.9 Å². The van der Waals surface area contributed by atoms with Gasteiger partial charge in [0.1, 0.15) is 5.70 Å². The van der Waals surface area contributed by atoms with Crippen molar-refractivity contribution in [1.29, 1.82) is 0 Å². The Balaban J connectivity index is 1.99. The Labute approximate surface area is 147 Å². The summed E-state index contributed by atoms with van der Waals surface area (Å²) in [5.41, 5.74) is 5.74. The van der Waals surface area contributed by atoms with Crippen LogP contribution in [0.2, 0.25) is 0 Å². The lowest BCUT2D eigenvalue weighted by Crippen LogP contribution is -2.22. The van der Waals surface area contributed by atoms with E-state index in [0.29, 0.717) is 0 Å². The van der Waals surface area contributed by atoms with Gasteiger partial charge in [-0.15, -0.1) is 0 Å². The van der Waals surface area contributed by atoms with Gasteiger partial charge in [0.05, 0.1) is 0 Å². The maximum absolute atomic E-state index is 11.7. The van der Waals surface area contributed by atoms with Gasteiger partial charge in [0, 0.05) is 17.1 Å². The molecule has 1 aromatic heterocycles. The molecule has 1 aromatic carbocycles. The highest BCUT2D eigenvalue weighted by atomic mass is 16.2. The fourth-order valence-electron chi connectivity index (χ4n) is 3.08. The highest BCUT2D eigenvalue weighted by molar-refractivity contribution is 6.14. The van der Waals surface area contributed by atoms with Gasteiger partial charge in [-0.1, -0.05) is 32.9 Å². The molecular weight excluding hydrogens is 314 g/mol. The van der Waals surface area contributed by atoms with E-state index < -0.39 is 11.9 Å². The van der Waals surface area contributed by atoms with Gasteiger partial charge in [-0.3, -0.25) is 10.1 Å². The molecule has 2 aromatic rings. The van der Waals surface area contributed by atoms with E-state index in [2.05, 4.69) is 60.2 Å². The first-order chi connectivity index (χ1) is 11.7. The van der Waals surface area contributed by atoms with Gasteiger partial charge >= 0.3 is 6.03 Å². The summed E-state index contributed by atoms with van der Waals surface area (Å²) in [4.78, 5) is 23.0. The maximum Gasteiger partial charge on any atom is 0.326 e. The summed E-state index contributed by atoms with van der Waals surface area (Å²) in [6.45, 7) is 10.6. The first-order valence-corrected chi connectivity index (χ1v) is 8.31. The smallest absolute Gasteiger partial charge is 0.318 e. The molecule has 25 heavy (non-hydrogen) atoms. The number of benzene rings is 1. The molecule has 2 N–H and O–H groups in total. The monoisotopic (exact) mass is 337 g/mol. The SMILES string of the molecule is Cc1cc(/C=C2/NC(=O)NC2=O)c(C)n1-c1ccc(C(C)(C)C)cc1. The van der Waals surface area contributed by atoms with Crippen molar-refractivity contribution in [3.8, 4) is 5.69 Å². The number of urea groups is 1. The summed E-state index contributed by atoms with van der Waals surface area (Å²) in [5, 5.41) is 4.74. The average molecular weight is 337 g/mol. The number of aryl methyl sites for hydroxylation is 1. The van der Waals surface area contributed by atoms with Crippen LogP contribution in [-0.4, -0.2) is 16.5 Å². The predicted octanol–water partition coefficient (Wildman–Crippen LogP) is 3.57. The van der Waals surface area contributed by atoms with E-state index in [1.165, 1.54) is 5.56 Å². The third-order valence-corrected chi connectivity index (χ3v) is 4.48. The zero-order valence-electron chi connectivity index (χ0n) is 15.2. The number of amides is 3. The summed E-state index contributed by atoms with van der Waals surface area (Å²) < 4.78 is 2.15. The first kappa shape index (κ1) is 17.0. The van der Waals surface area contributed by atoms with Crippen LogP contribution in [0.4, 0.5) is 4.79 Å². The van der Waals surface area contributed by atoms with Crippen LogP contribution in [-0.2, 0) is 10.2 Å². The number of nitrogens with zero attached hydrogens (tertiary/aromatic N) is 1. The van der Waals surface area contributed by atoms with E-state index in [-0.39, 0.29) is 11.1 Å². The minimum atomic E-state index is -0.483. The molecule has 3 amide bonds. The van der Waals surface area contributed by atoms with Crippen molar-refractivity contribution in [3.05, 3.63) is 58.5 Å². The van der Waals surface area contributed by atoms with Gasteiger partial charge in [0.2, 0.25) is 0 Å². The molecule has 2 heterocycles. The molecule has 130 valence electrons. The van der Waals surface area contributed by atoms with Gasteiger partial charge in [0.15, 0.2) is 0 Å². The van der Waals surface area contributed by atoms with Crippen molar-refractivity contribution >= 4 is 18.0 Å². The molecular formula is C20H23N3O2. The molecule has 1 fully saturated rings. The van der Waals surface area contributed by atoms with Crippen LogP contribution in [0.5, 0.6) is 0 Å². The third-order valence-electron chi connectivity index (χ3n) is 4.48. The molecule has 1 aliphatic rings. The number of carbonyl (C=O) groups is 2. The van der Waals surface area contributed by atoms with E-state index in [4.69, 9.17) is 0 Å². The van der Waals surface area contributed by atoms with Crippen LogP contribution >= 0.6 is 0 Å². The second-order valence-electron chi connectivity index (χ2n) is 7.43. The number of rotatable bonds is 2. The molecule has 3 rings (SSSR count). The quantitative estimate of drug-likeness (QED) is 0.650. The number of nitrogens with one attached hydrogen (secondary N) is 2. The van der Waals surface area contributed by atoms with Crippen LogP contribution in [0.3, 0.4) is 0 Å². The zero-order chi connectivity index (χ0) is 18.4. The Hall–Kier alpha value is -2.82. The van der Waals surface area contributed by atoms with E-state index in [9.17, 15) is 9.59 Å². The minimum absolute atomic E-state index is 0.114. The number of hydrogen-bond donors (Lipinski definition) is 2. The van der Waals surface area contributed by atoms with Crippen molar-refractivity contribution in [2.24, 2.45) is 0 Å². The van der Waals surface area contributed by atoms with Crippen molar-refractivity contribution in [1.82, 2.24) is 15.2 Å². The summed E-state index contributed by atoms with van der Waals surface area (Å²) >= 11 is 0. The fraction of sp³-hybridized carbons (Fsp3) is 0.300. The zero-order valence-corrected chi connectivity index (χ0v) is 15.2. The van der Waals surface area contributed by atoms with Crippen LogP contribution < -0.4 is 10.6 Å². The van der Waals surface area contributed by atoms with Gasteiger partial charge in [-0.2, -0.15) is 0 Å². The molecule has 1 aliphatic heterocycles. The Morgan fingerprint density at radius 2 is 1.64 bits per heavy atom. The van der Waals surface area contributed by atoms with E-state index in [0.717, 1.165) is 22.6 Å².